The summed E-state index contributed by atoms with van der Waals surface area (Å²) in [5.41, 5.74) is 1.19. The van der Waals surface area contributed by atoms with Crippen LogP contribution < -0.4 is 10.1 Å². The lowest BCUT2D eigenvalue weighted by Gasteiger charge is -2.12. The van der Waals surface area contributed by atoms with E-state index in [0.717, 1.165) is 12.3 Å². The van der Waals surface area contributed by atoms with Crippen molar-refractivity contribution in [2.45, 2.75) is 26.4 Å². The van der Waals surface area contributed by atoms with E-state index in [2.05, 4.69) is 24.9 Å². The summed E-state index contributed by atoms with van der Waals surface area (Å²) < 4.78 is 5.54. The molecule has 1 atom stereocenters. The van der Waals surface area contributed by atoms with Gasteiger partial charge < -0.3 is 10.1 Å². The van der Waals surface area contributed by atoms with Gasteiger partial charge in [0.05, 0.1) is 6.61 Å². The number of para-hydroxylation sites is 1. The molecule has 0 aliphatic heterocycles. The van der Waals surface area contributed by atoms with E-state index in [1.165, 1.54) is 5.56 Å². The zero-order chi connectivity index (χ0) is 11.1. The van der Waals surface area contributed by atoms with Gasteiger partial charge in [0.1, 0.15) is 5.75 Å². The number of ether oxygens (including phenoxy) is 1. The maximum Gasteiger partial charge on any atom is 0.123 e. The molecule has 0 radical (unpaired) electrons. The number of rotatable bonds is 6. The normalized spacial score (nSPS) is 12.1. The van der Waals surface area contributed by atoms with E-state index in [4.69, 9.17) is 4.74 Å². The quantitative estimate of drug-likeness (QED) is 0.721. The van der Waals surface area contributed by atoms with Crippen LogP contribution in [0.4, 0.5) is 0 Å². The highest BCUT2D eigenvalue weighted by atomic mass is 16.5. The first-order valence-electron chi connectivity index (χ1n) is 5.34. The van der Waals surface area contributed by atoms with Gasteiger partial charge in [0.2, 0.25) is 0 Å². The van der Waals surface area contributed by atoms with Crippen LogP contribution in [0.2, 0.25) is 0 Å². The molecule has 0 aliphatic carbocycles. The third kappa shape index (κ3) is 3.76. The summed E-state index contributed by atoms with van der Waals surface area (Å²) >= 11 is 0. The second-order valence-electron chi connectivity index (χ2n) is 3.45. The van der Waals surface area contributed by atoms with Crippen molar-refractivity contribution in [1.29, 1.82) is 0 Å². The molecule has 15 heavy (non-hydrogen) atoms. The highest BCUT2D eigenvalue weighted by Crippen LogP contribution is 2.17. The molecule has 82 valence electrons. The van der Waals surface area contributed by atoms with E-state index < -0.39 is 0 Å². The number of nitrogens with one attached hydrogen (secondary N) is 1. The van der Waals surface area contributed by atoms with Crippen molar-refractivity contribution in [2.24, 2.45) is 0 Å². The lowest BCUT2D eigenvalue weighted by atomic mass is 10.2. The molecular formula is C13H19NO. The van der Waals surface area contributed by atoms with Crippen LogP contribution in [0.1, 0.15) is 19.4 Å². The van der Waals surface area contributed by atoms with Gasteiger partial charge in [-0.15, -0.1) is 6.58 Å². The predicted octanol–water partition coefficient (Wildman–Crippen LogP) is 2.75. The summed E-state index contributed by atoms with van der Waals surface area (Å²) in [5.74, 6) is 0.962. The molecule has 1 aromatic carbocycles. The minimum absolute atomic E-state index is 0.319. The summed E-state index contributed by atoms with van der Waals surface area (Å²) in [6.07, 6.45) is 1.89. The summed E-state index contributed by atoms with van der Waals surface area (Å²) in [5, 5.41) is 3.35. The van der Waals surface area contributed by atoms with Crippen LogP contribution in [-0.4, -0.2) is 12.6 Å². The van der Waals surface area contributed by atoms with Crippen LogP contribution in [0, 0.1) is 0 Å². The molecule has 0 fully saturated rings. The van der Waals surface area contributed by atoms with E-state index in [1.807, 2.05) is 31.2 Å². The van der Waals surface area contributed by atoms with Gasteiger partial charge in [-0.25, -0.2) is 0 Å². The number of benzene rings is 1. The SMILES string of the molecule is C=CC(C)NCc1ccccc1OCC. The van der Waals surface area contributed by atoms with Crippen molar-refractivity contribution >= 4 is 0 Å². The second kappa shape index (κ2) is 6.25. The zero-order valence-corrected chi connectivity index (χ0v) is 9.49. The zero-order valence-electron chi connectivity index (χ0n) is 9.49. The standard InChI is InChI=1S/C13H19NO/c1-4-11(3)14-10-12-8-6-7-9-13(12)15-5-2/h4,6-9,11,14H,1,5,10H2,2-3H3. The monoisotopic (exact) mass is 205 g/mol. The summed E-state index contributed by atoms with van der Waals surface area (Å²) in [6.45, 7) is 9.33. The Morgan fingerprint density at radius 1 is 1.47 bits per heavy atom. The second-order valence-corrected chi connectivity index (χ2v) is 3.45. The Morgan fingerprint density at radius 3 is 2.87 bits per heavy atom. The Morgan fingerprint density at radius 2 is 2.20 bits per heavy atom. The molecule has 0 saturated carbocycles. The van der Waals surface area contributed by atoms with Crippen molar-refractivity contribution in [3.05, 3.63) is 42.5 Å². The van der Waals surface area contributed by atoms with Crippen LogP contribution in [-0.2, 0) is 6.54 Å². The predicted molar refractivity (Wildman–Crippen MR) is 64.1 cm³/mol. The van der Waals surface area contributed by atoms with Gasteiger partial charge in [-0.1, -0.05) is 24.3 Å². The van der Waals surface area contributed by atoms with E-state index in [-0.39, 0.29) is 0 Å². The molecule has 1 N–H and O–H groups in total. The Kier molecular flexibility index (Phi) is 4.91. The van der Waals surface area contributed by atoms with Gasteiger partial charge in [-0.2, -0.15) is 0 Å². The molecule has 0 bridgehead atoms. The molecule has 0 heterocycles. The molecule has 2 heteroatoms. The van der Waals surface area contributed by atoms with Crippen molar-refractivity contribution in [1.82, 2.24) is 5.32 Å². The Labute approximate surface area is 92.0 Å². The fourth-order valence-electron chi connectivity index (χ4n) is 1.30. The van der Waals surface area contributed by atoms with E-state index in [1.54, 1.807) is 0 Å². The highest BCUT2D eigenvalue weighted by molar-refractivity contribution is 5.33. The molecule has 0 aromatic heterocycles. The van der Waals surface area contributed by atoms with E-state index in [9.17, 15) is 0 Å². The Bertz CT molecular complexity index is 309. The van der Waals surface area contributed by atoms with Crippen LogP contribution in [0.25, 0.3) is 0 Å². The number of hydrogen-bond donors (Lipinski definition) is 1. The number of hydrogen-bond acceptors (Lipinski definition) is 2. The molecule has 0 amide bonds. The fourth-order valence-corrected chi connectivity index (χ4v) is 1.30. The molecule has 0 saturated heterocycles. The van der Waals surface area contributed by atoms with Gasteiger partial charge in [0.25, 0.3) is 0 Å². The first-order valence-corrected chi connectivity index (χ1v) is 5.34. The lowest BCUT2D eigenvalue weighted by molar-refractivity contribution is 0.335. The fraction of sp³-hybridized carbons (Fsp3) is 0.385. The Hall–Kier alpha value is -1.28. The van der Waals surface area contributed by atoms with Gasteiger partial charge in [0, 0.05) is 18.2 Å². The van der Waals surface area contributed by atoms with Gasteiger partial charge in [-0.3, -0.25) is 0 Å². The van der Waals surface area contributed by atoms with Gasteiger partial charge in [0.15, 0.2) is 0 Å². The average molecular weight is 205 g/mol. The van der Waals surface area contributed by atoms with Crippen LogP contribution in [0.3, 0.4) is 0 Å². The summed E-state index contributed by atoms with van der Waals surface area (Å²) in [4.78, 5) is 0. The van der Waals surface area contributed by atoms with Crippen molar-refractivity contribution in [3.8, 4) is 5.75 Å². The maximum absolute atomic E-state index is 5.54. The molecular weight excluding hydrogens is 186 g/mol. The van der Waals surface area contributed by atoms with Crippen molar-refractivity contribution < 1.29 is 4.74 Å². The van der Waals surface area contributed by atoms with Crippen LogP contribution in [0.5, 0.6) is 5.75 Å². The third-order valence-electron chi connectivity index (χ3n) is 2.24. The molecule has 1 unspecified atom stereocenters. The van der Waals surface area contributed by atoms with E-state index in [0.29, 0.717) is 12.6 Å². The van der Waals surface area contributed by atoms with E-state index >= 15 is 0 Å². The van der Waals surface area contributed by atoms with Crippen LogP contribution >= 0.6 is 0 Å². The molecule has 0 aliphatic rings. The van der Waals surface area contributed by atoms with Gasteiger partial charge in [-0.05, 0) is 19.9 Å². The smallest absolute Gasteiger partial charge is 0.123 e. The molecule has 1 aromatic rings. The lowest BCUT2D eigenvalue weighted by Crippen LogP contribution is -2.23. The maximum atomic E-state index is 5.54. The third-order valence-corrected chi connectivity index (χ3v) is 2.24. The Balaban J connectivity index is 2.62. The van der Waals surface area contributed by atoms with Gasteiger partial charge >= 0.3 is 0 Å². The molecule has 1 rings (SSSR count). The topological polar surface area (TPSA) is 21.3 Å². The summed E-state index contributed by atoms with van der Waals surface area (Å²) in [6, 6.07) is 8.41. The minimum atomic E-state index is 0.319. The van der Waals surface area contributed by atoms with Crippen molar-refractivity contribution in [3.63, 3.8) is 0 Å². The average Bonchev–Trinajstić information content (AvgIpc) is 2.28. The highest BCUT2D eigenvalue weighted by Gasteiger charge is 2.02. The summed E-state index contributed by atoms with van der Waals surface area (Å²) in [7, 11) is 0. The van der Waals surface area contributed by atoms with Crippen LogP contribution in [0.15, 0.2) is 36.9 Å². The molecule has 0 spiro atoms. The largest absolute Gasteiger partial charge is 0.494 e. The van der Waals surface area contributed by atoms with Crippen molar-refractivity contribution in [2.75, 3.05) is 6.61 Å². The minimum Gasteiger partial charge on any atom is -0.494 e. The molecule has 2 nitrogen and oxygen atoms in total. The first kappa shape index (κ1) is 11.8. The first-order chi connectivity index (χ1) is 7.27.